The van der Waals surface area contributed by atoms with E-state index >= 15 is 0 Å². The van der Waals surface area contributed by atoms with Gasteiger partial charge in [0.1, 0.15) is 0 Å². The van der Waals surface area contributed by atoms with E-state index in [0.717, 1.165) is 32.7 Å². The van der Waals surface area contributed by atoms with Crippen molar-refractivity contribution < 1.29 is 0 Å². The largest absolute Gasteiger partial charge is 0.271 e. The van der Waals surface area contributed by atoms with E-state index in [-0.39, 0.29) is 6.04 Å². The van der Waals surface area contributed by atoms with Gasteiger partial charge in [0.05, 0.1) is 6.04 Å². The molecule has 1 atom stereocenters. The second-order valence-electron chi connectivity index (χ2n) is 4.60. The molecule has 0 saturated carbocycles. The van der Waals surface area contributed by atoms with Crippen molar-refractivity contribution in [2.75, 3.05) is 0 Å². The molecule has 1 aromatic heterocycles. The van der Waals surface area contributed by atoms with Crippen molar-refractivity contribution in [3.8, 4) is 0 Å². The van der Waals surface area contributed by atoms with Crippen molar-refractivity contribution in [2.24, 2.45) is 5.84 Å². The Balaban J connectivity index is 2.21. The highest BCUT2D eigenvalue weighted by Crippen LogP contribution is 2.25. The van der Waals surface area contributed by atoms with E-state index in [0.29, 0.717) is 0 Å². The molecule has 0 bridgehead atoms. The van der Waals surface area contributed by atoms with Gasteiger partial charge in [-0.05, 0) is 64.4 Å². The van der Waals surface area contributed by atoms with Crippen molar-refractivity contribution in [3.05, 3.63) is 61.9 Å². The third-order valence-corrected chi connectivity index (χ3v) is 4.46. The zero-order valence-electron chi connectivity index (χ0n) is 11.2. The minimum atomic E-state index is 0.000534. The van der Waals surface area contributed by atoms with Gasteiger partial charge in [0.2, 0.25) is 0 Å². The second-order valence-corrected chi connectivity index (χ2v) is 6.20. The topological polar surface area (TPSA) is 50.9 Å². The van der Waals surface area contributed by atoms with Gasteiger partial charge in [0.15, 0.2) is 0 Å². The summed E-state index contributed by atoms with van der Waals surface area (Å²) < 4.78 is 1.14. The predicted molar refractivity (Wildman–Crippen MR) is 91.6 cm³/mol. The molecule has 0 radical (unpaired) electrons. The molecule has 2 rings (SSSR count). The lowest BCUT2D eigenvalue weighted by molar-refractivity contribution is 0.543. The highest BCUT2D eigenvalue weighted by molar-refractivity contribution is 14.1. The van der Waals surface area contributed by atoms with Gasteiger partial charge < -0.3 is 0 Å². The van der Waals surface area contributed by atoms with Gasteiger partial charge in [-0.15, -0.1) is 0 Å². The number of aromatic nitrogens is 1. The van der Waals surface area contributed by atoms with Crippen LogP contribution in [0.4, 0.5) is 0 Å². The molecule has 0 fully saturated rings. The summed E-state index contributed by atoms with van der Waals surface area (Å²) in [7, 11) is 0. The smallest absolute Gasteiger partial charge is 0.0526 e. The van der Waals surface area contributed by atoms with Crippen LogP contribution >= 0.6 is 34.2 Å². The summed E-state index contributed by atoms with van der Waals surface area (Å²) in [6.07, 6.45) is 3.65. The fraction of sp³-hybridized carbons (Fsp3) is 0.267. The van der Waals surface area contributed by atoms with Crippen molar-refractivity contribution in [3.63, 3.8) is 0 Å². The third kappa shape index (κ3) is 3.91. The molecule has 0 amide bonds. The molecule has 1 aromatic carbocycles. The Morgan fingerprint density at radius 3 is 2.75 bits per heavy atom. The van der Waals surface area contributed by atoms with Crippen molar-refractivity contribution in [2.45, 2.75) is 25.8 Å². The Morgan fingerprint density at radius 2 is 2.15 bits per heavy atom. The molecular formula is C15H17ClIN3. The summed E-state index contributed by atoms with van der Waals surface area (Å²) in [5, 5.41) is 0.718. The zero-order chi connectivity index (χ0) is 14.5. The average molecular weight is 402 g/mol. The Bertz CT molecular complexity index is 572. The number of nitrogens with two attached hydrogens (primary N) is 1. The summed E-state index contributed by atoms with van der Waals surface area (Å²) in [6.45, 7) is 2.12. The van der Waals surface area contributed by atoms with E-state index in [1.54, 1.807) is 0 Å². The Labute approximate surface area is 138 Å². The van der Waals surface area contributed by atoms with Gasteiger partial charge in [-0.1, -0.05) is 24.6 Å². The number of benzene rings is 1. The first-order chi connectivity index (χ1) is 9.63. The molecule has 1 unspecified atom stereocenters. The van der Waals surface area contributed by atoms with Gasteiger partial charge >= 0.3 is 0 Å². The van der Waals surface area contributed by atoms with E-state index in [4.69, 9.17) is 17.4 Å². The molecule has 20 heavy (non-hydrogen) atoms. The maximum absolute atomic E-state index is 6.07. The molecule has 0 aliphatic rings. The summed E-state index contributed by atoms with van der Waals surface area (Å²) in [5.74, 6) is 5.70. The van der Waals surface area contributed by atoms with Crippen LogP contribution < -0.4 is 11.3 Å². The second kappa shape index (κ2) is 7.36. The van der Waals surface area contributed by atoms with Crippen LogP contribution in [0, 0.1) is 3.57 Å². The Morgan fingerprint density at radius 1 is 1.35 bits per heavy atom. The van der Waals surface area contributed by atoms with Crippen LogP contribution in [-0.2, 0) is 12.8 Å². The molecule has 3 N–H and O–H groups in total. The molecule has 1 heterocycles. The Kier molecular flexibility index (Phi) is 5.77. The van der Waals surface area contributed by atoms with E-state index < -0.39 is 0 Å². The van der Waals surface area contributed by atoms with Crippen LogP contribution in [0.5, 0.6) is 0 Å². The maximum Gasteiger partial charge on any atom is 0.0526 e. The number of pyridine rings is 1. The minimum Gasteiger partial charge on any atom is -0.271 e. The normalized spacial score (nSPS) is 12.4. The molecule has 0 spiro atoms. The monoisotopic (exact) mass is 401 g/mol. The van der Waals surface area contributed by atoms with E-state index in [2.05, 4.69) is 52.1 Å². The fourth-order valence-electron chi connectivity index (χ4n) is 2.03. The summed E-state index contributed by atoms with van der Waals surface area (Å²) in [5.41, 5.74) is 6.21. The SMILES string of the molecule is CCc1ccc(CC(NN)c2cc(Cl)ccc2I)nc1. The number of hydrogen-bond acceptors (Lipinski definition) is 3. The molecular weight excluding hydrogens is 385 g/mol. The van der Waals surface area contributed by atoms with Crippen LogP contribution in [-0.4, -0.2) is 4.98 Å². The number of aryl methyl sites for hydroxylation is 1. The molecule has 0 aliphatic carbocycles. The average Bonchev–Trinajstić information content (AvgIpc) is 2.48. The van der Waals surface area contributed by atoms with Crippen LogP contribution in [0.1, 0.15) is 29.8 Å². The van der Waals surface area contributed by atoms with E-state index in [1.807, 2.05) is 24.4 Å². The van der Waals surface area contributed by atoms with Crippen LogP contribution in [0.15, 0.2) is 36.5 Å². The van der Waals surface area contributed by atoms with Crippen LogP contribution in [0.2, 0.25) is 5.02 Å². The number of hydrogen-bond donors (Lipinski definition) is 2. The zero-order valence-corrected chi connectivity index (χ0v) is 14.1. The summed E-state index contributed by atoms with van der Waals surface area (Å²) in [6, 6.07) is 10.00. The molecule has 5 heteroatoms. The minimum absolute atomic E-state index is 0.000534. The number of rotatable bonds is 5. The molecule has 0 saturated heterocycles. The lowest BCUT2D eigenvalue weighted by Gasteiger charge is -2.18. The number of nitrogens with one attached hydrogen (secondary N) is 1. The molecule has 0 aliphatic heterocycles. The van der Waals surface area contributed by atoms with Gasteiger partial charge in [-0.2, -0.15) is 0 Å². The first-order valence-corrected chi connectivity index (χ1v) is 7.94. The number of hydrazine groups is 1. The maximum atomic E-state index is 6.07. The third-order valence-electron chi connectivity index (χ3n) is 3.24. The van der Waals surface area contributed by atoms with Gasteiger partial charge in [-0.25, -0.2) is 0 Å². The number of halogens is 2. The number of nitrogens with zero attached hydrogens (tertiary/aromatic N) is 1. The summed E-state index contributed by atoms with van der Waals surface area (Å²) >= 11 is 8.37. The standard InChI is InChI=1S/C15H17ClIN3/c1-2-10-3-5-12(19-9-10)8-15(20-18)13-7-11(16)4-6-14(13)17/h3-7,9,15,20H,2,8,18H2,1H3. The van der Waals surface area contributed by atoms with E-state index in [1.165, 1.54) is 5.56 Å². The summed E-state index contributed by atoms with van der Waals surface area (Å²) in [4.78, 5) is 4.48. The molecule has 3 nitrogen and oxygen atoms in total. The fourth-order valence-corrected chi connectivity index (χ4v) is 2.93. The first kappa shape index (κ1) is 15.7. The predicted octanol–water partition coefficient (Wildman–Crippen LogP) is 3.65. The van der Waals surface area contributed by atoms with Gasteiger partial charge in [-0.3, -0.25) is 16.3 Å². The van der Waals surface area contributed by atoms with Crippen molar-refractivity contribution in [1.29, 1.82) is 0 Å². The van der Waals surface area contributed by atoms with Crippen molar-refractivity contribution >= 4 is 34.2 Å². The van der Waals surface area contributed by atoms with Crippen LogP contribution in [0.25, 0.3) is 0 Å². The quantitative estimate of drug-likeness (QED) is 0.457. The molecule has 2 aromatic rings. The highest BCUT2D eigenvalue weighted by Gasteiger charge is 2.15. The van der Waals surface area contributed by atoms with Gasteiger partial charge in [0, 0.05) is 26.9 Å². The lowest BCUT2D eigenvalue weighted by Crippen LogP contribution is -2.30. The first-order valence-electron chi connectivity index (χ1n) is 6.49. The Hall–Kier alpha value is -0.690. The molecule has 106 valence electrons. The van der Waals surface area contributed by atoms with E-state index in [9.17, 15) is 0 Å². The van der Waals surface area contributed by atoms with Gasteiger partial charge in [0.25, 0.3) is 0 Å². The van der Waals surface area contributed by atoms with Crippen molar-refractivity contribution in [1.82, 2.24) is 10.4 Å². The van der Waals surface area contributed by atoms with Crippen LogP contribution in [0.3, 0.4) is 0 Å². The highest BCUT2D eigenvalue weighted by atomic mass is 127. The lowest BCUT2D eigenvalue weighted by atomic mass is 10.0.